The maximum Gasteiger partial charge on any atom is 0.236 e. The van der Waals surface area contributed by atoms with Crippen molar-refractivity contribution in [3.63, 3.8) is 0 Å². The Balaban J connectivity index is 1.78. The standard InChI is InChI=1S/C14H17N3OS3/c1-9-4-10(2)6-11(5-9)7-20-8-12(18)15-13-16-17-14(19-3)21-13/h4-6H,7-8H2,1-3H3,(H,15,16,18). The molecule has 0 saturated heterocycles. The van der Waals surface area contributed by atoms with Gasteiger partial charge in [0, 0.05) is 5.75 Å². The van der Waals surface area contributed by atoms with Crippen LogP contribution in [0, 0.1) is 13.8 Å². The Kier molecular flexibility index (Phi) is 6.08. The van der Waals surface area contributed by atoms with Crippen LogP contribution in [0.4, 0.5) is 5.13 Å². The number of benzene rings is 1. The van der Waals surface area contributed by atoms with Crippen LogP contribution >= 0.6 is 34.9 Å². The molecule has 0 atom stereocenters. The lowest BCUT2D eigenvalue weighted by atomic mass is 10.1. The van der Waals surface area contributed by atoms with Gasteiger partial charge in [-0.1, -0.05) is 52.4 Å². The number of anilines is 1. The van der Waals surface area contributed by atoms with Crippen LogP contribution in [0.2, 0.25) is 0 Å². The maximum atomic E-state index is 11.8. The Morgan fingerprint density at radius 2 is 1.95 bits per heavy atom. The first kappa shape index (κ1) is 16.3. The number of thioether (sulfide) groups is 2. The molecule has 0 radical (unpaired) electrons. The summed E-state index contributed by atoms with van der Waals surface area (Å²) < 4.78 is 0.855. The number of nitrogens with zero attached hydrogens (tertiary/aromatic N) is 2. The van der Waals surface area contributed by atoms with E-state index in [2.05, 4.69) is 47.6 Å². The highest BCUT2D eigenvalue weighted by atomic mass is 32.2. The van der Waals surface area contributed by atoms with Gasteiger partial charge < -0.3 is 0 Å². The average Bonchev–Trinajstić information content (AvgIpc) is 2.85. The summed E-state index contributed by atoms with van der Waals surface area (Å²) in [4.78, 5) is 11.8. The van der Waals surface area contributed by atoms with Crippen LogP contribution < -0.4 is 5.32 Å². The molecule has 0 saturated carbocycles. The molecule has 2 aromatic rings. The number of rotatable bonds is 6. The molecule has 1 amide bonds. The largest absolute Gasteiger partial charge is 0.300 e. The van der Waals surface area contributed by atoms with Crippen LogP contribution in [0.3, 0.4) is 0 Å². The van der Waals surface area contributed by atoms with Crippen molar-refractivity contribution in [2.24, 2.45) is 0 Å². The van der Waals surface area contributed by atoms with Gasteiger partial charge in [-0.3, -0.25) is 10.1 Å². The van der Waals surface area contributed by atoms with Gasteiger partial charge in [0.25, 0.3) is 0 Å². The number of aryl methyl sites for hydroxylation is 2. The van der Waals surface area contributed by atoms with Gasteiger partial charge in [-0.15, -0.1) is 22.0 Å². The van der Waals surface area contributed by atoms with E-state index in [9.17, 15) is 4.79 Å². The molecular formula is C14H17N3OS3. The fourth-order valence-electron chi connectivity index (χ4n) is 1.91. The third-order valence-electron chi connectivity index (χ3n) is 2.61. The van der Waals surface area contributed by atoms with Crippen LogP contribution in [0.1, 0.15) is 16.7 Å². The van der Waals surface area contributed by atoms with Gasteiger partial charge in [0.05, 0.1) is 5.75 Å². The molecule has 1 aromatic heterocycles. The predicted octanol–water partition coefficient (Wildman–Crippen LogP) is 3.75. The molecule has 1 heterocycles. The molecule has 0 bridgehead atoms. The fraction of sp³-hybridized carbons (Fsp3) is 0.357. The van der Waals surface area contributed by atoms with Crippen molar-refractivity contribution in [2.75, 3.05) is 17.3 Å². The van der Waals surface area contributed by atoms with Crippen molar-refractivity contribution in [1.82, 2.24) is 10.2 Å². The zero-order valence-electron chi connectivity index (χ0n) is 12.2. The number of hydrogen-bond donors (Lipinski definition) is 1. The van der Waals surface area contributed by atoms with E-state index in [0.717, 1.165) is 10.1 Å². The van der Waals surface area contributed by atoms with Crippen LogP contribution in [-0.4, -0.2) is 28.1 Å². The molecular weight excluding hydrogens is 322 g/mol. The highest BCUT2D eigenvalue weighted by molar-refractivity contribution is 8.00. The first-order valence-corrected chi connectivity index (χ1v) is 9.58. The summed E-state index contributed by atoms with van der Waals surface area (Å²) in [5, 5.41) is 11.2. The highest BCUT2D eigenvalue weighted by Gasteiger charge is 2.08. The summed E-state index contributed by atoms with van der Waals surface area (Å²) in [7, 11) is 0. The van der Waals surface area contributed by atoms with E-state index in [0.29, 0.717) is 10.9 Å². The summed E-state index contributed by atoms with van der Waals surface area (Å²) >= 11 is 4.52. The Hall–Kier alpha value is -1.05. The molecule has 0 fully saturated rings. The first-order chi connectivity index (χ1) is 10.1. The zero-order chi connectivity index (χ0) is 15.2. The molecule has 0 aliphatic rings. The van der Waals surface area contributed by atoms with E-state index in [1.165, 1.54) is 39.8 Å². The number of hydrogen-bond acceptors (Lipinski definition) is 6. The van der Waals surface area contributed by atoms with Crippen molar-refractivity contribution in [1.29, 1.82) is 0 Å². The van der Waals surface area contributed by atoms with Gasteiger partial charge in [0.1, 0.15) is 0 Å². The molecule has 4 nitrogen and oxygen atoms in total. The molecule has 7 heteroatoms. The first-order valence-electron chi connectivity index (χ1n) is 6.39. The minimum Gasteiger partial charge on any atom is -0.300 e. The third kappa shape index (κ3) is 5.33. The number of carbonyl (C=O) groups is 1. The molecule has 1 N–H and O–H groups in total. The van der Waals surface area contributed by atoms with Gasteiger partial charge in [0.15, 0.2) is 4.34 Å². The molecule has 1 aromatic carbocycles. The van der Waals surface area contributed by atoms with Crippen molar-refractivity contribution in [3.8, 4) is 0 Å². The van der Waals surface area contributed by atoms with Gasteiger partial charge in [-0.05, 0) is 25.7 Å². The van der Waals surface area contributed by atoms with Crippen LogP contribution in [-0.2, 0) is 10.5 Å². The predicted molar refractivity (Wildman–Crippen MR) is 92.4 cm³/mol. The number of amides is 1. The monoisotopic (exact) mass is 339 g/mol. The summed E-state index contributed by atoms with van der Waals surface area (Å²) in [6, 6.07) is 6.47. The van der Waals surface area contributed by atoms with Gasteiger partial charge >= 0.3 is 0 Å². The quantitative estimate of drug-likeness (QED) is 0.642. The lowest BCUT2D eigenvalue weighted by Gasteiger charge is -2.05. The Morgan fingerprint density at radius 3 is 2.57 bits per heavy atom. The summed E-state index contributed by atoms with van der Waals surface area (Å²) in [6.45, 7) is 4.18. The molecule has 21 heavy (non-hydrogen) atoms. The van der Waals surface area contributed by atoms with Gasteiger partial charge in [-0.25, -0.2) is 0 Å². The van der Waals surface area contributed by atoms with E-state index in [-0.39, 0.29) is 5.91 Å². The number of nitrogens with one attached hydrogen (secondary N) is 1. The summed E-state index contributed by atoms with van der Waals surface area (Å²) in [6.07, 6.45) is 1.94. The number of aromatic nitrogens is 2. The smallest absolute Gasteiger partial charge is 0.236 e. The van der Waals surface area contributed by atoms with Crippen LogP contribution in [0.15, 0.2) is 22.5 Å². The molecule has 112 valence electrons. The van der Waals surface area contributed by atoms with Gasteiger partial charge in [0.2, 0.25) is 11.0 Å². The zero-order valence-corrected chi connectivity index (χ0v) is 14.6. The normalized spacial score (nSPS) is 10.6. The van der Waals surface area contributed by atoms with Crippen LogP contribution in [0.25, 0.3) is 0 Å². The summed E-state index contributed by atoms with van der Waals surface area (Å²) in [5.41, 5.74) is 3.77. The molecule has 0 aliphatic carbocycles. The lowest BCUT2D eigenvalue weighted by molar-refractivity contribution is -0.113. The van der Waals surface area contributed by atoms with Crippen molar-refractivity contribution in [2.45, 2.75) is 23.9 Å². The van der Waals surface area contributed by atoms with Crippen LogP contribution in [0.5, 0.6) is 0 Å². The topological polar surface area (TPSA) is 54.9 Å². The van der Waals surface area contributed by atoms with E-state index in [1.54, 1.807) is 11.8 Å². The molecule has 0 spiro atoms. The number of carbonyl (C=O) groups excluding carboxylic acids is 1. The molecule has 0 aliphatic heterocycles. The SMILES string of the molecule is CSc1nnc(NC(=O)CSCc2cc(C)cc(C)c2)s1. The van der Waals surface area contributed by atoms with Gasteiger partial charge in [-0.2, -0.15) is 0 Å². The van der Waals surface area contributed by atoms with E-state index < -0.39 is 0 Å². The van der Waals surface area contributed by atoms with E-state index in [4.69, 9.17) is 0 Å². The fourth-order valence-corrected chi connectivity index (χ4v) is 3.86. The van der Waals surface area contributed by atoms with Crippen molar-refractivity contribution < 1.29 is 4.79 Å². The second kappa shape index (κ2) is 7.82. The Bertz CT molecular complexity index is 607. The maximum absolute atomic E-state index is 11.8. The molecule has 2 rings (SSSR count). The Labute approximate surface area is 137 Å². The third-order valence-corrected chi connectivity index (χ3v) is 5.43. The van der Waals surface area contributed by atoms with E-state index in [1.807, 2.05) is 6.26 Å². The lowest BCUT2D eigenvalue weighted by Crippen LogP contribution is -2.14. The summed E-state index contributed by atoms with van der Waals surface area (Å²) in [5.74, 6) is 1.22. The van der Waals surface area contributed by atoms with Crippen molar-refractivity contribution in [3.05, 3.63) is 34.9 Å². The molecule has 0 unspecified atom stereocenters. The van der Waals surface area contributed by atoms with Crippen molar-refractivity contribution >= 4 is 45.9 Å². The highest BCUT2D eigenvalue weighted by Crippen LogP contribution is 2.23. The minimum absolute atomic E-state index is 0.0341. The average molecular weight is 340 g/mol. The minimum atomic E-state index is -0.0341. The Morgan fingerprint density at radius 1 is 1.24 bits per heavy atom. The second-order valence-electron chi connectivity index (χ2n) is 4.61. The van der Waals surface area contributed by atoms with E-state index >= 15 is 0 Å². The second-order valence-corrected chi connectivity index (χ2v) is 7.63.